The van der Waals surface area contributed by atoms with Gasteiger partial charge >= 0.3 is 5.97 Å². The van der Waals surface area contributed by atoms with Gasteiger partial charge in [-0.3, -0.25) is 4.79 Å². The summed E-state index contributed by atoms with van der Waals surface area (Å²) in [5.74, 6) is -1.51. The number of carboxylic acid groups (broad SMARTS) is 1. The van der Waals surface area contributed by atoms with Crippen LogP contribution < -0.4 is 0 Å². The van der Waals surface area contributed by atoms with Crippen molar-refractivity contribution in [1.82, 2.24) is 3.97 Å². The van der Waals surface area contributed by atoms with Crippen molar-refractivity contribution in [3.05, 3.63) is 53.3 Å². The van der Waals surface area contributed by atoms with Crippen LogP contribution in [0.5, 0.6) is 0 Å². The highest BCUT2D eigenvalue weighted by molar-refractivity contribution is 7.90. The molecule has 0 saturated carbocycles. The minimum atomic E-state index is -3.68. The molecule has 0 radical (unpaired) electrons. The number of aryl methyl sites for hydroxylation is 1. The Hall–Kier alpha value is -2.08. The number of carbonyl (C=O) groups is 1. The summed E-state index contributed by atoms with van der Waals surface area (Å²) in [4.78, 5) is 11.5. The van der Waals surface area contributed by atoms with Gasteiger partial charge in [0.05, 0.1) is 10.8 Å². The zero-order valence-corrected chi connectivity index (χ0v) is 13.0. The van der Waals surface area contributed by atoms with Crippen LogP contribution in [0.25, 0.3) is 0 Å². The minimum Gasteiger partial charge on any atom is -0.481 e. The van der Waals surface area contributed by atoms with Crippen LogP contribution in [0.3, 0.4) is 0 Å². The Bertz CT molecular complexity index is 818. The van der Waals surface area contributed by atoms with E-state index < -0.39 is 21.9 Å². The van der Waals surface area contributed by atoms with Crippen molar-refractivity contribution < 1.29 is 18.3 Å². The average Bonchev–Trinajstić information content (AvgIpc) is 2.92. The Kier molecular flexibility index (Phi) is 3.56. The first-order chi connectivity index (χ1) is 10.4. The van der Waals surface area contributed by atoms with Crippen molar-refractivity contribution in [3.8, 4) is 0 Å². The summed E-state index contributed by atoms with van der Waals surface area (Å²) in [5, 5.41) is 9.29. The van der Waals surface area contributed by atoms with E-state index in [1.807, 2.05) is 6.92 Å². The van der Waals surface area contributed by atoms with Crippen LogP contribution in [0.4, 0.5) is 0 Å². The second kappa shape index (κ2) is 5.28. The number of aromatic nitrogens is 1. The van der Waals surface area contributed by atoms with Crippen molar-refractivity contribution >= 4 is 16.0 Å². The Labute approximate surface area is 129 Å². The fourth-order valence-corrected chi connectivity index (χ4v) is 4.38. The van der Waals surface area contributed by atoms with Gasteiger partial charge in [-0.05, 0) is 49.9 Å². The summed E-state index contributed by atoms with van der Waals surface area (Å²) < 4.78 is 26.8. The fraction of sp³-hybridized carbons (Fsp3) is 0.312. The number of rotatable bonds is 3. The van der Waals surface area contributed by atoms with Crippen LogP contribution in [-0.4, -0.2) is 23.5 Å². The molecular weight excluding hydrogens is 302 g/mol. The molecular formula is C16H17NO4S. The number of fused-ring (bicyclic) bond motifs is 1. The zero-order valence-electron chi connectivity index (χ0n) is 12.2. The van der Waals surface area contributed by atoms with Crippen molar-refractivity contribution in [2.75, 3.05) is 0 Å². The van der Waals surface area contributed by atoms with Crippen LogP contribution >= 0.6 is 0 Å². The van der Waals surface area contributed by atoms with E-state index in [9.17, 15) is 18.3 Å². The predicted molar refractivity (Wildman–Crippen MR) is 81.5 cm³/mol. The van der Waals surface area contributed by atoms with Gasteiger partial charge in [0.2, 0.25) is 0 Å². The first-order valence-electron chi connectivity index (χ1n) is 7.16. The third-order valence-corrected chi connectivity index (χ3v) is 5.87. The van der Waals surface area contributed by atoms with E-state index in [4.69, 9.17) is 0 Å². The predicted octanol–water partition coefficient (Wildman–Crippen LogP) is 2.54. The monoisotopic (exact) mass is 319 g/mol. The molecule has 1 aromatic heterocycles. The smallest absolute Gasteiger partial charge is 0.311 e. The Balaban J connectivity index is 2.10. The van der Waals surface area contributed by atoms with Crippen molar-refractivity contribution in [2.45, 2.75) is 37.0 Å². The second-order valence-electron chi connectivity index (χ2n) is 5.61. The number of hydrogen-bond acceptors (Lipinski definition) is 3. The van der Waals surface area contributed by atoms with Gasteiger partial charge in [-0.1, -0.05) is 17.7 Å². The minimum absolute atomic E-state index is 0.217. The number of hydrogen-bond donors (Lipinski definition) is 1. The van der Waals surface area contributed by atoms with Crippen LogP contribution in [-0.2, 0) is 21.2 Å². The fourth-order valence-electron chi connectivity index (χ4n) is 2.97. The summed E-state index contributed by atoms with van der Waals surface area (Å²) in [7, 11) is -3.68. The molecule has 3 rings (SSSR count). The number of carboxylic acids is 1. The molecule has 0 aliphatic heterocycles. The van der Waals surface area contributed by atoms with Gasteiger partial charge in [-0.15, -0.1) is 0 Å². The molecule has 0 spiro atoms. The molecule has 6 heteroatoms. The summed E-state index contributed by atoms with van der Waals surface area (Å²) in [6.07, 6.45) is 3.28. The van der Waals surface area contributed by atoms with Gasteiger partial charge in [0, 0.05) is 11.9 Å². The van der Waals surface area contributed by atoms with Crippen molar-refractivity contribution in [3.63, 3.8) is 0 Å². The number of nitrogens with zero attached hydrogens (tertiary/aromatic N) is 1. The molecule has 0 amide bonds. The normalized spacial score (nSPS) is 18.0. The molecule has 116 valence electrons. The van der Waals surface area contributed by atoms with Gasteiger partial charge in [0.25, 0.3) is 10.0 Å². The van der Waals surface area contributed by atoms with Gasteiger partial charge in [0.15, 0.2) is 0 Å². The van der Waals surface area contributed by atoms with Gasteiger partial charge in [-0.25, -0.2) is 12.4 Å². The third-order valence-electron chi connectivity index (χ3n) is 4.15. The van der Waals surface area contributed by atoms with E-state index in [1.54, 1.807) is 30.3 Å². The highest BCUT2D eigenvalue weighted by atomic mass is 32.2. The maximum atomic E-state index is 12.8. The van der Waals surface area contributed by atoms with E-state index in [0.29, 0.717) is 30.5 Å². The van der Waals surface area contributed by atoms with E-state index >= 15 is 0 Å². The Morgan fingerprint density at radius 3 is 2.55 bits per heavy atom. The molecule has 1 N–H and O–H groups in total. The van der Waals surface area contributed by atoms with Crippen molar-refractivity contribution in [1.29, 1.82) is 0 Å². The average molecular weight is 319 g/mol. The van der Waals surface area contributed by atoms with E-state index in [-0.39, 0.29) is 4.90 Å². The highest BCUT2D eigenvalue weighted by Crippen LogP contribution is 2.34. The van der Waals surface area contributed by atoms with E-state index in [2.05, 4.69) is 0 Å². The lowest BCUT2D eigenvalue weighted by molar-refractivity contribution is -0.139. The topological polar surface area (TPSA) is 76.4 Å². The molecule has 5 nitrogen and oxygen atoms in total. The van der Waals surface area contributed by atoms with Crippen molar-refractivity contribution in [2.24, 2.45) is 0 Å². The zero-order chi connectivity index (χ0) is 15.9. The lowest BCUT2D eigenvalue weighted by Crippen LogP contribution is -2.21. The molecule has 22 heavy (non-hydrogen) atoms. The highest BCUT2D eigenvalue weighted by Gasteiger charge is 2.31. The summed E-state index contributed by atoms with van der Waals surface area (Å²) in [6.45, 7) is 1.89. The Morgan fingerprint density at radius 1 is 1.23 bits per heavy atom. The van der Waals surface area contributed by atoms with Gasteiger partial charge in [0.1, 0.15) is 0 Å². The maximum Gasteiger partial charge on any atom is 0.311 e. The quantitative estimate of drug-likeness (QED) is 0.943. The molecule has 1 aliphatic rings. The summed E-state index contributed by atoms with van der Waals surface area (Å²) in [6, 6.07) is 8.29. The Morgan fingerprint density at radius 2 is 1.91 bits per heavy atom. The summed E-state index contributed by atoms with van der Waals surface area (Å²) >= 11 is 0. The summed E-state index contributed by atoms with van der Waals surface area (Å²) in [5.41, 5.74) is 2.20. The molecule has 1 unspecified atom stereocenters. The number of benzene rings is 1. The number of aliphatic carboxylic acids is 1. The van der Waals surface area contributed by atoms with Gasteiger partial charge in [-0.2, -0.15) is 0 Å². The van der Waals surface area contributed by atoms with Gasteiger partial charge < -0.3 is 5.11 Å². The third kappa shape index (κ3) is 2.33. The molecule has 1 heterocycles. The first-order valence-corrected chi connectivity index (χ1v) is 8.60. The SMILES string of the molecule is Cc1ccc(S(=O)(=O)n2ccc3c2CCCC3C(=O)O)cc1. The van der Waals surface area contributed by atoms with Crippen LogP contribution in [0.15, 0.2) is 41.4 Å². The molecule has 2 aromatic rings. The molecule has 1 aromatic carbocycles. The standard InChI is InChI=1S/C16H17NO4S/c1-11-5-7-12(8-6-11)22(20,21)17-10-9-13-14(16(18)19)3-2-4-15(13)17/h5-10,14H,2-4H2,1H3,(H,18,19). The van der Waals surface area contributed by atoms with Crippen LogP contribution in [0.2, 0.25) is 0 Å². The maximum absolute atomic E-state index is 12.8. The molecule has 0 bridgehead atoms. The van der Waals surface area contributed by atoms with E-state index in [1.165, 1.54) is 10.2 Å². The van der Waals surface area contributed by atoms with Crippen LogP contribution in [0, 0.1) is 6.92 Å². The molecule has 0 saturated heterocycles. The molecule has 1 aliphatic carbocycles. The lowest BCUT2D eigenvalue weighted by Gasteiger charge is -2.21. The van der Waals surface area contributed by atoms with E-state index in [0.717, 1.165) is 5.56 Å². The molecule has 1 atom stereocenters. The first kappa shape index (κ1) is 14.8. The van der Waals surface area contributed by atoms with Crippen LogP contribution in [0.1, 0.15) is 35.6 Å². The molecule has 0 fully saturated rings. The second-order valence-corrected chi connectivity index (χ2v) is 7.43. The lowest BCUT2D eigenvalue weighted by atomic mass is 9.87. The largest absolute Gasteiger partial charge is 0.481 e.